The van der Waals surface area contributed by atoms with Crippen molar-refractivity contribution in [2.75, 3.05) is 7.11 Å². The van der Waals surface area contributed by atoms with E-state index in [9.17, 15) is 14.4 Å². The Hall–Kier alpha value is -2.44. The largest absolute Gasteiger partial charge is 0.465 e. The fourth-order valence-electron chi connectivity index (χ4n) is 1.29. The van der Waals surface area contributed by atoms with Crippen molar-refractivity contribution in [2.45, 2.75) is 0 Å². The fraction of sp³-hybridized carbons (Fsp3) is 0.111. The highest BCUT2D eigenvalue weighted by molar-refractivity contribution is 5.92. The van der Waals surface area contributed by atoms with Gasteiger partial charge >= 0.3 is 11.7 Å². The second kappa shape index (κ2) is 3.61. The summed E-state index contributed by atoms with van der Waals surface area (Å²) in [5, 5.41) is 0. The number of ether oxygens (including phenoxy) is 1. The molecule has 0 aromatic carbocycles. The molecule has 0 radical (unpaired) electrons. The first-order valence-electron chi connectivity index (χ1n) is 4.32. The number of pyridine rings is 1. The summed E-state index contributed by atoms with van der Waals surface area (Å²) >= 11 is 0. The van der Waals surface area contributed by atoms with Gasteiger partial charge in [-0.3, -0.25) is 9.78 Å². The average Bonchev–Trinajstić information content (AvgIpc) is 2.27. The van der Waals surface area contributed by atoms with Gasteiger partial charge in [-0.2, -0.15) is 0 Å². The van der Waals surface area contributed by atoms with Gasteiger partial charge in [-0.05, 0) is 6.07 Å². The molecule has 82 valence electrons. The number of nitrogens with one attached hydrogen (secondary N) is 2. The van der Waals surface area contributed by atoms with Crippen LogP contribution in [-0.2, 0) is 4.74 Å². The molecule has 0 aliphatic heterocycles. The normalized spacial score (nSPS) is 10.3. The van der Waals surface area contributed by atoms with E-state index >= 15 is 0 Å². The van der Waals surface area contributed by atoms with Crippen molar-refractivity contribution in [1.29, 1.82) is 0 Å². The number of aromatic amines is 2. The Balaban J connectivity index is 2.76. The molecule has 2 heterocycles. The van der Waals surface area contributed by atoms with E-state index in [1.54, 1.807) is 0 Å². The Morgan fingerprint density at radius 3 is 2.81 bits per heavy atom. The van der Waals surface area contributed by atoms with Crippen molar-refractivity contribution in [3.05, 3.63) is 38.7 Å². The van der Waals surface area contributed by atoms with Crippen molar-refractivity contribution in [3.63, 3.8) is 0 Å². The van der Waals surface area contributed by atoms with Crippen molar-refractivity contribution >= 4 is 17.0 Å². The molecule has 7 nitrogen and oxygen atoms in total. The maximum absolute atomic E-state index is 11.3. The molecule has 0 saturated heterocycles. The Morgan fingerprint density at radius 2 is 2.12 bits per heavy atom. The minimum atomic E-state index is -0.652. The first kappa shape index (κ1) is 10.1. The van der Waals surface area contributed by atoms with Crippen LogP contribution in [0, 0.1) is 0 Å². The van der Waals surface area contributed by atoms with Crippen molar-refractivity contribution in [3.8, 4) is 0 Å². The number of fused-ring (bicyclic) bond motifs is 1. The van der Waals surface area contributed by atoms with Gasteiger partial charge in [0.05, 0.1) is 18.2 Å². The second-order valence-corrected chi connectivity index (χ2v) is 3.02. The van der Waals surface area contributed by atoms with Crippen LogP contribution >= 0.6 is 0 Å². The van der Waals surface area contributed by atoms with Crippen LogP contribution in [0.2, 0.25) is 0 Å². The highest BCUT2D eigenvalue weighted by Gasteiger charge is 2.09. The summed E-state index contributed by atoms with van der Waals surface area (Å²) in [6.07, 6.45) is 1.21. The molecule has 0 fully saturated rings. The first-order chi connectivity index (χ1) is 7.61. The van der Waals surface area contributed by atoms with Gasteiger partial charge in [0, 0.05) is 6.20 Å². The standard InChI is InChI=1S/C9H7N3O4/c1-16-8(14)4-2-5-6(10-3-4)7(13)12-9(15)11-5/h2-3H,1H3,(H2,11,12,13,15). The Morgan fingerprint density at radius 1 is 1.38 bits per heavy atom. The van der Waals surface area contributed by atoms with E-state index in [2.05, 4.69) is 14.7 Å². The number of carbonyl (C=O) groups is 1. The van der Waals surface area contributed by atoms with Crippen LogP contribution in [0.4, 0.5) is 0 Å². The molecule has 2 rings (SSSR count). The lowest BCUT2D eigenvalue weighted by Gasteiger charge is -1.99. The monoisotopic (exact) mass is 221 g/mol. The number of carbonyl (C=O) groups excluding carboxylic acids is 1. The van der Waals surface area contributed by atoms with Crippen LogP contribution in [0.5, 0.6) is 0 Å². The first-order valence-corrected chi connectivity index (χ1v) is 4.32. The van der Waals surface area contributed by atoms with E-state index in [0.717, 1.165) is 0 Å². The summed E-state index contributed by atoms with van der Waals surface area (Å²) in [7, 11) is 1.23. The molecule has 2 N–H and O–H groups in total. The Bertz CT molecular complexity index is 670. The van der Waals surface area contributed by atoms with E-state index in [1.807, 2.05) is 4.98 Å². The number of rotatable bonds is 1. The summed E-state index contributed by atoms with van der Waals surface area (Å²) < 4.78 is 4.49. The van der Waals surface area contributed by atoms with Gasteiger partial charge in [0.15, 0.2) is 5.52 Å². The van der Waals surface area contributed by atoms with Gasteiger partial charge < -0.3 is 9.72 Å². The van der Waals surface area contributed by atoms with E-state index in [-0.39, 0.29) is 16.6 Å². The number of H-pyrrole nitrogens is 2. The lowest BCUT2D eigenvalue weighted by molar-refractivity contribution is 0.0600. The number of nitrogens with zero attached hydrogens (tertiary/aromatic N) is 1. The topological polar surface area (TPSA) is 105 Å². The molecule has 0 saturated carbocycles. The van der Waals surface area contributed by atoms with Crippen molar-refractivity contribution in [1.82, 2.24) is 15.0 Å². The van der Waals surface area contributed by atoms with Crippen LogP contribution in [0.25, 0.3) is 11.0 Å². The molecular formula is C9H7N3O4. The van der Waals surface area contributed by atoms with Crippen LogP contribution in [-0.4, -0.2) is 28.0 Å². The molecule has 2 aromatic rings. The van der Waals surface area contributed by atoms with Gasteiger partial charge in [-0.25, -0.2) is 14.6 Å². The number of hydrogen-bond donors (Lipinski definition) is 2. The van der Waals surface area contributed by atoms with Crippen LogP contribution in [0.3, 0.4) is 0 Å². The van der Waals surface area contributed by atoms with Crippen LogP contribution < -0.4 is 11.2 Å². The van der Waals surface area contributed by atoms with Crippen molar-refractivity contribution in [2.24, 2.45) is 0 Å². The lowest BCUT2D eigenvalue weighted by Crippen LogP contribution is -2.22. The lowest BCUT2D eigenvalue weighted by atomic mass is 10.2. The predicted octanol–water partition coefficient (Wildman–Crippen LogP) is -0.602. The third kappa shape index (κ3) is 1.58. The minimum Gasteiger partial charge on any atom is -0.465 e. The fourth-order valence-corrected chi connectivity index (χ4v) is 1.29. The third-order valence-corrected chi connectivity index (χ3v) is 2.00. The number of aromatic nitrogens is 3. The zero-order valence-electron chi connectivity index (χ0n) is 8.23. The van der Waals surface area contributed by atoms with Crippen LogP contribution in [0.1, 0.15) is 10.4 Å². The number of esters is 1. The molecule has 2 aromatic heterocycles. The summed E-state index contributed by atoms with van der Waals surface area (Å²) in [6, 6.07) is 1.34. The number of hydrogen-bond acceptors (Lipinski definition) is 5. The second-order valence-electron chi connectivity index (χ2n) is 3.02. The number of methoxy groups -OCH3 is 1. The zero-order chi connectivity index (χ0) is 11.7. The van der Waals surface area contributed by atoms with E-state index in [0.29, 0.717) is 0 Å². The molecule has 0 atom stereocenters. The van der Waals surface area contributed by atoms with E-state index in [1.165, 1.54) is 19.4 Å². The van der Waals surface area contributed by atoms with Crippen molar-refractivity contribution < 1.29 is 9.53 Å². The summed E-state index contributed by atoms with van der Waals surface area (Å²) in [5.41, 5.74) is -0.836. The van der Waals surface area contributed by atoms with Crippen LogP contribution in [0.15, 0.2) is 21.9 Å². The molecule has 0 aliphatic rings. The summed E-state index contributed by atoms with van der Waals surface area (Å²) in [6.45, 7) is 0. The highest BCUT2D eigenvalue weighted by atomic mass is 16.5. The SMILES string of the molecule is COC(=O)c1cnc2c(=O)[nH]c(=O)[nH]c2c1. The zero-order valence-corrected chi connectivity index (χ0v) is 8.23. The Labute approximate surface area is 88.1 Å². The summed E-state index contributed by atoms with van der Waals surface area (Å²) in [4.78, 5) is 41.7. The molecule has 0 amide bonds. The molecule has 0 bridgehead atoms. The highest BCUT2D eigenvalue weighted by Crippen LogP contribution is 2.06. The van der Waals surface area contributed by atoms with Gasteiger partial charge in [-0.15, -0.1) is 0 Å². The van der Waals surface area contributed by atoms with Gasteiger partial charge in [0.25, 0.3) is 5.56 Å². The molecule has 0 aliphatic carbocycles. The minimum absolute atomic E-state index is 0.0623. The molecule has 0 unspecified atom stereocenters. The molecule has 0 spiro atoms. The Kier molecular flexibility index (Phi) is 2.28. The van der Waals surface area contributed by atoms with E-state index < -0.39 is 17.2 Å². The molecule has 16 heavy (non-hydrogen) atoms. The van der Waals surface area contributed by atoms with E-state index in [4.69, 9.17) is 0 Å². The maximum atomic E-state index is 11.3. The van der Waals surface area contributed by atoms with Gasteiger partial charge in [0.1, 0.15) is 0 Å². The molecular weight excluding hydrogens is 214 g/mol. The maximum Gasteiger partial charge on any atom is 0.339 e. The summed E-state index contributed by atoms with van der Waals surface area (Å²) in [5.74, 6) is -0.587. The predicted molar refractivity (Wildman–Crippen MR) is 54.3 cm³/mol. The van der Waals surface area contributed by atoms with Gasteiger partial charge in [0.2, 0.25) is 0 Å². The molecule has 7 heteroatoms. The third-order valence-electron chi connectivity index (χ3n) is 2.00. The smallest absolute Gasteiger partial charge is 0.339 e. The quantitative estimate of drug-likeness (QED) is 0.625. The average molecular weight is 221 g/mol. The van der Waals surface area contributed by atoms with Gasteiger partial charge in [-0.1, -0.05) is 0 Å².